The molecule has 1 unspecified atom stereocenters. The van der Waals surface area contributed by atoms with E-state index < -0.39 is 6.16 Å². The molecule has 0 bridgehead atoms. The third kappa shape index (κ3) is 5.87. The Morgan fingerprint density at radius 2 is 2.11 bits per heavy atom. The quantitative estimate of drug-likeness (QED) is 0.469. The lowest BCUT2D eigenvalue weighted by molar-refractivity contribution is -0.122. The van der Waals surface area contributed by atoms with Gasteiger partial charge in [-0.2, -0.15) is 16.9 Å². The van der Waals surface area contributed by atoms with Crippen molar-refractivity contribution in [1.29, 1.82) is 0 Å². The average molecular weight is 427 g/mol. The average Bonchev–Trinajstić information content (AvgIpc) is 3.03. The summed E-state index contributed by atoms with van der Waals surface area (Å²) in [7, 11) is 0. The minimum absolute atomic E-state index is 0.106. The Balaban J connectivity index is 2.29. The van der Waals surface area contributed by atoms with Crippen LogP contribution >= 0.6 is 23.4 Å². The van der Waals surface area contributed by atoms with Crippen LogP contribution in [0.2, 0.25) is 5.15 Å². The number of hydrogen-bond donors (Lipinski definition) is 0. The molecule has 0 N–H and O–H groups in total. The number of halogens is 1. The fraction of sp³-hybridized carbons (Fsp3) is 0.444. The van der Waals surface area contributed by atoms with E-state index in [1.54, 1.807) is 63.3 Å². The first-order valence-electron chi connectivity index (χ1n) is 8.62. The number of hydrogen-bond acceptors (Lipinski definition) is 7. The maximum Gasteiger partial charge on any atom is 0.510 e. The zero-order valence-electron chi connectivity index (χ0n) is 16.2. The molecular formula is C18H23ClN4O4S. The van der Waals surface area contributed by atoms with Crippen LogP contribution in [0.3, 0.4) is 0 Å². The normalized spacial score (nSPS) is 11.9. The van der Waals surface area contributed by atoms with Gasteiger partial charge in [0, 0.05) is 17.9 Å². The maximum absolute atomic E-state index is 12.9. The minimum atomic E-state index is -0.860. The third-order valence-electron chi connectivity index (χ3n) is 3.60. The number of aromatic nitrogens is 3. The van der Waals surface area contributed by atoms with Crippen LogP contribution < -0.4 is 4.90 Å². The van der Waals surface area contributed by atoms with Crippen molar-refractivity contribution in [2.24, 2.45) is 5.92 Å². The van der Waals surface area contributed by atoms with Gasteiger partial charge in [0.05, 0.1) is 24.2 Å². The smallest absolute Gasteiger partial charge is 0.432 e. The summed E-state index contributed by atoms with van der Waals surface area (Å²) >= 11 is 7.84. The summed E-state index contributed by atoms with van der Waals surface area (Å²) in [5.41, 5.74) is 1.01. The molecule has 28 heavy (non-hydrogen) atoms. The lowest BCUT2D eigenvalue weighted by Gasteiger charge is -2.24. The van der Waals surface area contributed by atoms with Crippen molar-refractivity contribution in [3.05, 3.63) is 35.9 Å². The first-order chi connectivity index (χ1) is 13.3. The summed E-state index contributed by atoms with van der Waals surface area (Å²) in [6, 6.07) is 3.57. The second kappa shape index (κ2) is 10.3. The number of ether oxygens (including phenoxy) is 2. The summed E-state index contributed by atoms with van der Waals surface area (Å²) in [4.78, 5) is 30.1. The highest BCUT2D eigenvalue weighted by Gasteiger charge is 2.27. The zero-order chi connectivity index (χ0) is 20.7. The van der Waals surface area contributed by atoms with Gasteiger partial charge in [-0.3, -0.25) is 14.7 Å². The van der Waals surface area contributed by atoms with Crippen LogP contribution in [0.5, 0.6) is 0 Å². The van der Waals surface area contributed by atoms with Gasteiger partial charge in [0.25, 0.3) is 0 Å². The molecule has 2 aromatic rings. The molecule has 0 aliphatic heterocycles. The predicted molar refractivity (Wildman–Crippen MR) is 109 cm³/mol. The highest BCUT2D eigenvalue weighted by Crippen LogP contribution is 2.28. The van der Waals surface area contributed by atoms with Crippen LogP contribution in [-0.2, 0) is 14.3 Å². The van der Waals surface area contributed by atoms with Crippen LogP contribution in [-0.4, -0.2) is 51.7 Å². The van der Waals surface area contributed by atoms with Crippen molar-refractivity contribution in [2.75, 3.05) is 23.6 Å². The molecule has 0 radical (unpaired) electrons. The number of anilines is 1. The fourth-order valence-electron chi connectivity index (χ4n) is 2.33. The molecule has 0 spiro atoms. The van der Waals surface area contributed by atoms with Gasteiger partial charge in [-0.1, -0.05) is 18.5 Å². The van der Waals surface area contributed by atoms with Crippen LogP contribution in [0.1, 0.15) is 20.8 Å². The van der Waals surface area contributed by atoms with Gasteiger partial charge >= 0.3 is 6.16 Å². The molecule has 0 saturated heterocycles. The predicted octanol–water partition coefficient (Wildman–Crippen LogP) is 3.77. The van der Waals surface area contributed by atoms with E-state index >= 15 is 0 Å². The molecule has 0 saturated carbocycles. The van der Waals surface area contributed by atoms with Crippen LogP contribution in [0.4, 0.5) is 10.5 Å². The lowest BCUT2D eigenvalue weighted by Crippen LogP contribution is -2.39. The largest absolute Gasteiger partial charge is 0.510 e. The Kier molecular flexibility index (Phi) is 8.13. The zero-order valence-corrected chi connectivity index (χ0v) is 17.7. The number of nitrogens with zero attached hydrogens (tertiary/aromatic N) is 4. The van der Waals surface area contributed by atoms with Crippen molar-refractivity contribution in [2.45, 2.75) is 26.9 Å². The Hall–Kier alpha value is -2.26. The summed E-state index contributed by atoms with van der Waals surface area (Å²) < 4.78 is 11.6. The van der Waals surface area contributed by atoms with Gasteiger partial charge in [0.1, 0.15) is 5.69 Å². The minimum Gasteiger partial charge on any atom is -0.432 e. The SMILES string of the molecule is CSCC(C)C(=O)N(COC(=O)OC(C)C)c1cn(-c2cccnc2)nc1Cl. The Morgan fingerprint density at radius 1 is 1.36 bits per heavy atom. The van der Waals surface area contributed by atoms with Gasteiger partial charge in [0.2, 0.25) is 5.91 Å². The topological polar surface area (TPSA) is 86.5 Å². The Morgan fingerprint density at radius 3 is 2.71 bits per heavy atom. The van der Waals surface area contributed by atoms with Crippen LogP contribution in [0.25, 0.3) is 5.69 Å². The Labute approximate surface area is 173 Å². The van der Waals surface area contributed by atoms with E-state index in [2.05, 4.69) is 10.1 Å². The van der Waals surface area contributed by atoms with Gasteiger partial charge in [-0.25, -0.2) is 9.48 Å². The maximum atomic E-state index is 12.9. The van der Waals surface area contributed by atoms with E-state index in [9.17, 15) is 9.59 Å². The van der Waals surface area contributed by atoms with E-state index in [0.29, 0.717) is 17.1 Å². The van der Waals surface area contributed by atoms with Gasteiger partial charge in [0.15, 0.2) is 11.9 Å². The lowest BCUT2D eigenvalue weighted by atomic mass is 10.2. The number of pyridine rings is 1. The summed E-state index contributed by atoms with van der Waals surface area (Å²) in [5, 5.41) is 4.34. The summed E-state index contributed by atoms with van der Waals surface area (Å²) in [6.07, 6.45) is 5.58. The molecule has 0 aliphatic rings. The molecule has 2 heterocycles. The van der Waals surface area contributed by atoms with Crippen molar-refractivity contribution in [3.63, 3.8) is 0 Å². The standard InChI is InChI=1S/C18H23ClN4O4S/c1-12(2)27-18(25)26-11-22(17(24)13(3)10-28-4)15-9-23(21-16(15)19)14-6-5-7-20-8-14/h5-9,12-13H,10-11H2,1-4H3. The molecule has 1 atom stereocenters. The summed E-state index contributed by atoms with van der Waals surface area (Å²) in [6.45, 7) is 4.89. The number of rotatable bonds is 8. The monoisotopic (exact) mass is 426 g/mol. The molecular weight excluding hydrogens is 404 g/mol. The van der Waals surface area contributed by atoms with Crippen molar-refractivity contribution < 1.29 is 19.1 Å². The molecule has 2 aromatic heterocycles. The second-order valence-electron chi connectivity index (χ2n) is 6.27. The molecule has 2 rings (SSSR count). The molecule has 10 heteroatoms. The Bertz CT molecular complexity index is 800. The molecule has 8 nitrogen and oxygen atoms in total. The molecule has 0 fully saturated rings. The van der Waals surface area contributed by atoms with E-state index in [0.717, 1.165) is 0 Å². The number of carbonyl (C=O) groups excluding carboxylic acids is 2. The van der Waals surface area contributed by atoms with Crippen LogP contribution in [0.15, 0.2) is 30.7 Å². The molecule has 152 valence electrons. The van der Waals surface area contributed by atoms with E-state index in [-0.39, 0.29) is 29.8 Å². The molecule has 0 aliphatic carbocycles. The first kappa shape index (κ1) is 22.0. The first-order valence-corrected chi connectivity index (χ1v) is 10.4. The highest BCUT2D eigenvalue weighted by atomic mass is 35.5. The molecule has 0 aromatic carbocycles. The van der Waals surface area contributed by atoms with E-state index in [1.165, 1.54) is 9.58 Å². The van der Waals surface area contributed by atoms with Crippen LogP contribution in [0, 0.1) is 5.92 Å². The van der Waals surface area contributed by atoms with Gasteiger partial charge in [-0.05, 0) is 32.2 Å². The van der Waals surface area contributed by atoms with Gasteiger partial charge in [-0.15, -0.1) is 0 Å². The van der Waals surface area contributed by atoms with Gasteiger partial charge < -0.3 is 9.47 Å². The third-order valence-corrected chi connectivity index (χ3v) is 4.70. The van der Waals surface area contributed by atoms with Crippen molar-refractivity contribution in [3.8, 4) is 5.69 Å². The fourth-order valence-corrected chi connectivity index (χ4v) is 3.20. The van der Waals surface area contributed by atoms with Crippen molar-refractivity contribution >= 4 is 41.1 Å². The number of carbonyl (C=O) groups is 2. The number of amides is 1. The summed E-state index contributed by atoms with van der Waals surface area (Å²) in [5.74, 6) is 0.0667. The second-order valence-corrected chi connectivity index (χ2v) is 7.54. The van der Waals surface area contributed by atoms with Crippen molar-refractivity contribution in [1.82, 2.24) is 14.8 Å². The van der Waals surface area contributed by atoms with E-state index in [4.69, 9.17) is 21.1 Å². The highest BCUT2D eigenvalue weighted by molar-refractivity contribution is 7.98. The number of thioether (sulfide) groups is 1. The van der Waals surface area contributed by atoms with E-state index in [1.807, 2.05) is 6.26 Å². The molecule has 1 amide bonds.